The molecule has 2 aromatic rings. The summed E-state index contributed by atoms with van der Waals surface area (Å²) in [5.74, 6) is 0. The van der Waals surface area contributed by atoms with Gasteiger partial charge in [-0.3, -0.25) is 0 Å². The molecule has 0 spiro atoms. The fourth-order valence-electron chi connectivity index (χ4n) is 2.42. The summed E-state index contributed by atoms with van der Waals surface area (Å²) >= 11 is 0. The van der Waals surface area contributed by atoms with Gasteiger partial charge in [-0.2, -0.15) is 0 Å². The molecule has 0 amide bonds. The summed E-state index contributed by atoms with van der Waals surface area (Å²) in [6.07, 6.45) is 3.98. The Labute approximate surface area is 141 Å². The summed E-state index contributed by atoms with van der Waals surface area (Å²) in [4.78, 5) is 0. The molecule has 0 aromatic heterocycles. The smallest absolute Gasteiger partial charge is 0.0132 e. The van der Waals surface area contributed by atoms with E-state index in [1.165, 1.54) is 27.8 Å². The van der Waals surface area contributed by atoms with Gasteiger partial charge in [0.05, 0.1) is 0 Å². The van der Waals surface area contributed by atoms with Crippen molar-refractivity contribution in [2.45, 2.75) is 33.1 Å². The van der Waals surface area contributed by atoms with Crippen LogP contribution in [0.5, 0.6) is 0 Å². The highest BCUT2D eigenvalue weighted by molar-refractivity contribution is 5.75. The molecule has 0 aliphatic carbocycles. The van der Waals surface area contributed by atoms with E-state index < -0.39 is 0 Å². The third-order valence-corrected chi connectivity index (χ3v) is 3.83. The molecule has 0 bridgehead atoms. The molecule has 0 fully saturated rings. The zero-order valence-corrected chi connectivity index (χ0v) is 14.9. The van der Waals surface area contributed by atoms with Crippen LogP contribution >= 0.6 is 0 Å². The van der Waals surface area contributed by atoms with Crippen LogP contribution in [0, 0.1) is 0 Å². The first-order chi connectivity index (χ1) is 11.0. The predicted molar refractivity (Wildman–Crippen MR) is 106 cm³/mol. The summed E-state index contributed by atoms with van der Waals surface area (Å²) in [6, 6.07) is 17.5. The Hall–Kier alpha value is -2.34. The molecule has 0 radical (unpaired) electrons. The van der Waals surface area contributed by atoms with Crippen LogP contribution in [0.1, 0.15) is 38.8 Å². The van der Waals surface area contributed by atoms with E-state index in [4.69, 9.17) is 0 Å². The molecule has 2 rings (SSSR count). The van der Waals surface area contributed by atoms with Crippen LogP contribution in [0.3, 0.4) is 0 Å². The van der Waals surface area contributed by atoms with Gasteiger partial charge in [-0.1, -0.05) is 88.0 Å². The van der Waals surface area contributed by atoms with Crippen molar-refractivity contribution in [1.82, 2.24) is 0 Å². The standard InChI is InChI=1S/C21H24.C2H4/c1-6-16(7-2)17-8-10-18(11-9-17)19-12-14-20(15-13-19)21(3,4)5;1-2/h6-15H,1H2,2-5H3;1-2H2/b16-7+;. The molecule has 0 atom stereocenters. The average Bonchev–Trinajstić information content (AvgIpc) is 2.58. The number of allylic oxidation sites excluding steroid dienone is 3. The molecule has 0 heteroatoms. The second kappa shape index (κ2) is 8.33. The van der Waals surface area contributed by atoms with Gasteiger partial charge in [-0.25, -0.2) is 0 Å². The van der Waals surface area contributed by atoms with Crippen LogP contribution in [0.15, 0.2) is 80.4 Å². The SMILES string of the molecule is C=C.C=C/C(=C\C)c1ccc(-c2ccc(C(C)(C)C)cc2)cc1. The van der Waals surface area contributed by atoms with Crippen LogP contribution in [-0.2, 0) is 5.41 Å². The summed E-state index contributed by atoms with van der Waals surface area (Å²) in [5, 5.41) is 0. The molecule has 120 valence electrons. The summed E-state index contributed by atoms with van der Waals surface area (Å²) in [7, 11) is 0. The molecule has 0 saturated heterocycles. The van der Waals surface area contributed by atoms with E-state index in [-0.39, 0.29) is 5.41 Å². The first-order valence-electron chi connectivity index (χ1n) is 7.96. The summed E-state index contributed by atoms with van der Waals surface area (Å²) in [6.45, 7) is 18.6. The highest BCUT2D eigenvalue weighted by Crippen LogP contribution is 2.27. The average molecular weight is 304 g/mol. The molecular formula is C23H28. The highest BCUT2D eigenvalue weighted by atomic mass is 14.2. The number of hydrogen-bond acceptors (Lipinski definition) is 0. The summed E-state index contributed by atoms with van der Waals surface area (Å²) < 4.78 is 0. The molecule has 0 saturated carbocycles. The zero-order valence-electron chi connectivity index (χ0n) is 14.9. The van der Waals surface area contributed by atoms with Gasteiger partial charge in [0.25, 0.3) is 0 Å². The molecular weight excluding hydrogens is 276 g/mol. The lowest BCUT2D eigenvalue weighted by atomic mass is 9.86. The second-order valence-corrected chi connectivity index (χ2v) is 6.35. The van der Waals surface area contributed by atoms with Gasteiger partial charge in [0.2, 0.25) is 0 Å². The van der Waals surface area contributed by atoms with E-state index in [9.17, 15) is 0 Å². The van der Waals surface area contributed by atoms with Gasteiger partial charge in [0.15, 0.2) is 0 Å². The van der Waals surface area contributed by atoms with E-state index in [0.29, 0.717) is 0 Å². The fraction of sp³-hybridized carbons (Fsp3) is 0.217. The molecule has 0 unspecified atom stereocenters. The minimum Gasteiger partial charge on any atom is -0.106 e. The first kappa shape index (κ1) is 18.7. The van der Waals surface area contributed by atoms with Crippen molar-refractivity contribution >= 4 is 5.57 Å². The molecule has 0 N–H and O–H groups in total. The second-order valence-electron chi connectivity index (χ2n) is 6.35. The maximum Gasteiger partial charge on any atom is -0.0132 e. The highest BCUT2D eigenvalue weighted by Gasteiger charge is 2.12. The monoisotopic (exact) mass is 304 g/mol. The van der Waals surface area contributed by atoms with E-state index in [1.807, 2.05) is 13.0 Å². The van der Waals surface area contributed by atoms with Crippen LogP contribution in [-0.4, -0.2) is 0 Å². The number of benzene rings is 2. The number of hydrogen-bond donors (Lipinski definition) is 0. The Bertz CT molecular complexity index is 647. The molecule has 0 aliphatic rings. The van der Waals surface area contributed by atoms with Crippen molar-refractivity contribution in [3.8, 4) is 11.1 Å². The summed E-state index contributed by atoms with van der Waals surface area (Å²) in [5.41, 5.74) is 6.46. The Morgan fingerprint density at radius 1 is 0.826 bits per heavy atom. The third kappa shape index (κ3) is 4.82. The lowest BCUT2D eigenvalue weighted by Crippen LogP contribution is -2.10. The van der Waals surface area contributed by atoms with Crippen molar-refractivity contribution in [3.63, 3.8) is 0 Å². The molecule has 0 nitrogen and oxygen atoms in total. The molecule has 0 aliphatic heterocycles. The van der Waals surface area contributed by atoms with E-state index in [0.717, 1.165) is 0 Å². The Balaban J connectivity index is 0.00000127. The van der Waals surface area contributed by atoms with Gasteiger partial charge in [0.1, 0.15) is 0 Å². The Morgan fingerprint density at radius 2 is 1.26 bits per heavy atom. The topological polar surface area (TPSA) is 0 Å². The third-order valence-electron chi connectivity index (χ3n) is 3.83. The van der Waals surface area contributed by atoms with E-state index >= 15 is 0 Å². The van der Waals surface area contributed by atoms with Crippen LogP contribution < -0.4 is 0 Å². The number of rotatable bonds is 3. The minimum atomic E-state index is 0.202. The maximum atomic E-state index is 3.85. The van der Waals surface area contributed by atoms with Gasteiger partial charge in [0, 0.05) is 0 Å². The van der Waals surface area contributed by atoms with Crippen LogP contribution in [0.2, 0.25) is 0 Å². The van der Waals surface area contributed by atoms with Crippen molar-refractivity contribution in [2.75, 3.05) is 0 Å². The first-order valence-corrected chi connectivity index (χ1v) is 7.96. The maximum absolute atomic E-state index is 3.85. The normalized spacial score (nSPS) is 11.4. The van der Waals surface area contributed by atoms with Crippen LogP contribution in [0.4, 0.5) is 0 Å². The molecule has 0 heterocycles. The van der Waals surface area contributed by atoms with Crippen molar-refractivity contribution < 1.29 is 0 Å². The fourth-order valence-corrected chi connectivity index (χ4v) is 2.42. The molecule has 23 heavy (non-hydrogen) atoms. The van der Waals surface area contributed by atoms with E-state index in [2.05, 4.69) is 95.1 Å². The van der Waals surface area contributed by atoms with Crippen molar-refractivity contribution in [1.29, 1.82) is 0 Å². The van der Waals surface area contributed by atoms with Gasteiger partial charge in [-0.05, 0) is 40.2 Å². The minimum absolute atomic E-state index is 0.202. The van der Waals surface area contributed by atoms with Gasteiger partial charge in [-0.15, -0.1) is 13.2 Å². The molecule has 2 aromatic carbocycles. The Kier molecular flexibility index (Phi) is 6.78. The van der Waals surface area contributed by atoms with E-state index in [1.54, 1.807) is 0 Å². The van der Waals surface area contributed by atoms with Gasteiger partial charge >= 0.3 is 0 Å². The predicted octanol–water partition coefficient (Wildman–Crippen LogP) is 7.04. The van der Waals surface area contributed by atoms with Crippen molar-refractivity contribution in [2.24, 2.45) is 0 Å². The lowest BCUT2D eigenvalue weighted by Gasteiger charge is -2.19. The zero-order chi connectivity index (χ0) is 17.5. The van der Waals surface area contributed by atoms with Crippen molar-refractivity contribution in [3.05, 3.63) is 91.5 Å². The van der Waals surface area contributed by atoms with Crippen LogP contribution in [0.25, 0.3) is 16.7 Å². The largest absolute Gasteiger partial charge is 0.106 e. The Morgan fingerprint density at radius 3 is 1.61 bits per heavy atom. The lowest BCUT2D eigenvalue weighted by molar-refractivity contribution is 0.590. The van der Waals surface area contributed by atoms with Gasteiger partial charge < -0.3 is 0 Å². The quantitative estimate of drug-likeness (QED) is 0.421.